The maximum atomic E-state index is 9.46. The van der Waals surface area contributed by atoms with Crippen molar-refractivity contribution in [2.45, 2.75) is 76.7 Å². The van der Waals surface area contributed by atoms with Gasteiger partial charge in [-0.1, -0.05) is 37.8 Å². The zero-order chi connectivity index (χ0) is 11.9. The maximum absolute atomic E-state index is 9.46. The molecule has 2 aliphatic carbocycles. The molecule has 1 atom stereocenters. The fraction of sp³-hybridized carbons (Fsp3) is 0.875. The van der Waals surface area contributed by atoms with Gasteiger partial charge in [0.15, 0.2) is 0 Å². The van der Waals surface area contributed by atoms with Gasteiger partial charge in [-0.2, -0.15) is 0 Å². The minimum Gasteiger partial charge on any atom is -0.393 e. The fourth-order valence-corrected chi connectivity index (χ4v) is 3.42. The van der Waals surface area contributed by atoms with Crippen LogP contribution in [0.15, 0.2) is 12.2 Å². The summed E-state index contributed by atoms with van der Waals surface area (Å²) in [4.78, 5) is 0. The molecule has 2 aliphatic rings. The molecular formula is C16H28O. The molecule has 1 fully saturated rings. The molecule has 1 saturated carbocycles. The van der Waals surface area contributed by atoms with E-state index in [1.54, 1.807) is 0 Å². The lowest BCUT2D eigenvalue weighted by atomic mass is 9.83. The van der Waals surface area contributed by atoms with E-state index in [-0.39, 0.29) is 6.10 Å². The highest BCUT2D eigenvalue weighted by Gasteiger charge is 2.18. The predicted molar refractivity (Wildman–Crippen MR) is 72.9 cm³/mol. The molecule has 0 aromatic heterocycles. The van der Waals surface area contributed by atoms with E-state index in [9.17, 15) is 5.11 Å². The Labute approximate surface area is 106 Å². The van der Waals surface area contributed by atoms with Crippen LogP contribution in [0.4, 0.5) is 0 Å². The van der Waals surface area contributed by atoms with Crippen LogP contribution in [0.1, 0.15) is 70.6 Å². The van der Waals surface area contributed by atoms with E-state index in [0.29, 0.717) is 0 Å². The third-order valence-electron chi connectivity index (χ3n) is 4.67. The normalized spacial score (nSPS) is 33.8. The number of aliphatic hydroxyl groups is 1. The summed E-state index contributed by atoms with van der Waals surface area (Å²) in [5.41, 5.74) is 0. The maximum Gasteiger partial charge on any atom is 0.0540 e. The summed E-state index contributed by atoms with van der Waals surface area (Å²) >= 11 is 0. The molecule has 0 heterocycles. The van der Waals surface area contributed by atoms with Gasteiger partial charge in [-0.05, 0) is 56.8 Å². The first-order valence-corrected chi connectivity index (χ1v) is 7.67. The lowest BCUT2D eigenvalue weighted by molar-refractivity contribution is 0.105. The van der Waals surface area contributed by atoms with E-state index in [2.05, 4.69) is 12.2 Å². The highest BCUT2D eigenvalue weighted by molar-refractivity contribution is 4.89. The van der Waals surface area contributed by atoms with E-state index in [1.165, 1.54) is 57.8 Å². The Bertz CT molecular complexity index is 226. The molecule has 1 heteroatoms. The molecule has 17 heavy (non-hydrogen) atoms. The molecule has 1 N–H and O–H groups in total. The van der Waals surface area contributed by atoms with E-state index in [1.807, 2.05) is 0 Å². The molecule has 0 amide bonds. The van der Waals surface area contributed by atoms with Crippen molar-refractivity contribution in [3.63, 3.8) is 0 Å². The Morgan fingerprint density at radius 2 is 1.53 bits per heavy atom. The van der Waals surface area contributed by atoms with Crippen molar-refractivity contribution in [1.82, 2.24) is 0 Å². The molecule has 0 aromatic carbocycles. The lowest BCUT2D eigenvalue weighted by Gasteiger charge is -2.25. The lowest BCUT2D eigenvalue weighted by Crippen LogP contribution is -2.18. The van der Waals surface area contributed by atoms with Crippen molar-refractivity contribution in [3.05, 3.63) is 12.2 Å². The van der Waals surface area contributed by atoms with Crippen LogP contribution in [0.3, 0.4) is 0 Å². The van der Waals surface area contributed by atoms with E-state index in [0.717, 1.165) is 24.7 Å². The van der Waals surface area contributed by atoms with Crippen LogP contribution in [0.5, 0.6) is 0 Å². The molecule has 0 saturated heterocycles. The molecular weight excluding hydrogens is 208 g/mol. The SMILES string of the molecule is OC1CCC(CCCCC2CC=CCC2)CC1. The number of aliphatic hydroxyl groups excluding tert-OH is 1. The van der Waals surface area contributed by atoms with Crippen molar-refractivity contribution >= 4 is 0 Å². The van der Waals surface area contributed by atoms with Crippen molar-refractivity contribution < 1.29 is 5.11 Å². The highest BCUT2D eigenvalue weighted by atomic mass is 16.3. The van der Waals surface area contributed by atoms with Crippen molar-refractivity contribution in [1.29, 1.82) is 0 Å². The monoisotopic (exact) mass is 236 g/mol. The minimum absolute atomic E-state index is 0.0141. The molecule has 2 rings (SSSR count). The third-order valence-corrected chi connectivity index (χ3v) is 4.67. The quantitative estimate of drug-likeness (QED) is 0.552. The summed E-state index contributed by atoms with van der Waals surface area (Å²) < 4.78 is 0. The molecule has 1 unspecified atom stereocenters. The molecule has 0 spiro atoms. The van der Waals surface area contributed by atoms with Gasteiger partial charge in [0.1, 0.15) is 0 Å². The second-order valence-electron chi connectivity index (χ2n) is 6.11. The van der Waals surface area contributed by atoms with Crippen LogP contribution in [-0.2, 0) is 0 Å². The van der Waals surface area contributed by atoms with Crippen molar-refractivity contribution in [2.75, 3.05) is 0 Å². The standard InChI is InChI=1S/C16H28O/c17-16-12-10-15(11-13-16)9-5-4-8-14-6-2-1-3-7-14/h1-2,14-17H,3-13H2. The average Bonchev–Trinajstić information content (AvgIpc) is 2.38. The first kappa shape index (κ1) is 13.1. The molecule has 0 radical (unpaired) electrons. The second kappa shape index (κ2) is 7.20. The van der Waals surface area contributed by atoms with Gasteiger partial charge >= 0.3 is 0 Å². The number of allylic oxidation sites excluding steroid dienone is 2. The Balaban J connectivity index is 1.50. The summed E-state index contributed by atoms with van der Waals surface area (Å²) in [5, 5.41) is 9.46. The van der Waals surface area contributed by atoms with E-state index in [4.69, 9.17) is 0 Å². The Morgan fingerprint density at radius 1 is 0.824 bits per heavy atom. The molecule has 0 bridgehead atoms. The summed E-state index contributed by atoms with van der Waals surface area (Å²) in [6.45, 7) is 0. The Kier molecular flexibility index (Phi) is 5.57. The van der Waals surface area contributed by atoms with Gasteiger partial charge in [-0.3, -0.25) is 0 Å². The third kappa shape index (κ3) is 4.83. The van der Waals surface area contributed by atoms with Crippen molar-refractivity contribution in [2.24, 2.45) is 11.8 Å². The Morgan fingerprint density at radius 3 is 2.18 bits per heavy atom. The van der Waals surface area contributed by atoms with Gasteiger partial charge in [0.25, 0.3) is 0 Å². The first-order chi connectivity index (χ1) is 8.34. The molecule has 0 aromatic rings. The van der Waals surface area contributed by atoms with Gasteiger partial charge in [-0.25, -0.2) is 0 Å². The van der Waals surface area contributed by atoms with Gasteiger partial charge < -0.3 is 5.11 Å². The van der Waals surface area contributed by atoms with Crippen LogP contribution < -0.4 is 0 Å². The number of rotatable bonds is 5. The fourth-order valence-electron chi connectivity index (χ4n) is 3.42. The highest BCUT2D eigenvalue weighted by Crippen LogP contribution is 2.29. The van der Waals surface area contributed by atoms with Gasteiger partial charge in [0, 0.05) is 0 Å². The van der Waals surface area contributed by atoms with Crippen LogP contribution in [0.25, 0.3) is 0 Å². The summed E-state index contributed by atoms with van der Waals surface area (Å²) in [6.07, 6.45) is 19.1. The van der Waals surface area contributed by atoms with E-state index >= 15 is 0 Å². The van der Waals surface area contributed by atoms with Crippen LogP contribution in [-0.4, -0.2) is 11.2 Å². The minimum atomic E-state index is 0.0141. The summed E-state index contributed by atoms with van der Waals surface area (Å²) in [7, 11) is 0. The Hall–Kier alpha value is -0.300. The van der Waals surface area contributed by atoms with Gasteiger partial charge in [0.2, 0.25) is 0 Å². The topological polar surface area (TPSA) is 20.2 Å². The van der Waals surface area contributed by atoms with Crippen LogP contribution in [0, 0.1) is 11.8 Å². The smallest absolute Gasteiger partial charge is 0.0540 e. The molecule has 98 valence electrons. The van der Waals surface area contributed by atoms with Gasteiger partial charge in [-0.15, -0.1) is 0 Å². The largest absolute Gasteiger partial charge is 0.393 e. The average molecular weight is 236 g/mol. The van der Waals surface area contributed by atoms with E-state index < -0.39 is 0 Å². The van der Waals surface area contributed by atoms with Gasteiger partial charge in [0.05, 0.1) is 6.10 Å². The van der Waals surface area contributed by atoms with Crippen molar-refractivity contribution in [3.8, 4) is 0 Å². The predicted octanol–water partition coefficient (Wildman–Crippen LogP) is 4.45. The summed E-state index contributed by atoms with van der Waals surface area (Å²) in [6, 6.07) is 0. The number of hydrogen-bond acceptors (Lipinski definition) is 1. The number of unbranched alkanes of at least 4 members (excludes halogenated alkanes) is 1. The zero-order valence-corrected chi connectivity index (χ0v) is 11.1. The van der Waals surface area contributed by atoms with Crippen LogP contribution in [0.2, 0.25) is 0 Å². The first-order valence-electron chi connectivity index (χ1n) is 7.67. The number of hydrogen-bond donors (Lipinski definition) is 1. The second-order valence-corrected chi connectivity index (χ2v) is 6.11. The van der Waals surface area contributed by atoms with Crippen LogP contribution >= 0.6 is 0 Å². The molecule has 1 nitrogen and oxygen atoms in total. The zero-order valence-electron chi connectivity index (χ0n) is 11.1. The molecule has 0 aliphatic heterocycles. The summed E-state index contributed by atoms with van der Waals surface area (Å²) in [5.74, 6) is 1.90.